The maximum atomic E-state index is 9.21. The lowest BCUT2D eigenvalue weighted by molar-refractivity contribution is 0.171. The van der Waals surface area contributed by atoms with Gasteiger partial charge >= 0.3 is 0 Å². The van der Waals surface area contributed by atoms with Crippen LogP contribution < -0.4 is 14.8 Å². The fourth-order valence-corrected chi connectivity index (χ4v) is 4.26. The molecule has 180 valence electrons. The van der Waals surface area contributed by atoms with Crippen LogP contribution in [0.3, 0.4) is 0 Å². The molecule has 3 aromatic carbocycles. The molecule has 8 nitrogen and oxygen atoms in total. The van der Waals surface area contributed by atoms with Gasteiger partial charge in [0.05, 0.1) is 35.5 Å². The fourth-order valence-electron chi connectivity index (χ4n) is 3.98. The summed E-state index contributed by atoms with van der Waals surface area (Å²) in [6.45, 7) is 0.655. The second kappa shape index (κ2) is 9.95. The van der Waals surface area contributed by atoms with Crippen LogP contribution in [0.5, 0.6) is 11.5 Å². The normalized spacial score (nSPS) is 13.2. The molecular weight excluding hydrogens is 468 g/mol. The number of rotatable bonds is 7. The number of aliphatic imine (C=N–C) groups is 1. The molecule has 3 N–H and O–H groups in total. The summed E-state index contributed by atoms with van der Waals surface area (Å²) >= 11 is 6.83. The molecular formula is C26H25ClN4O4. The van der Waals surface area contributed by atoms with Crippen LogP contribution in [0.2, 0.25) is 5.02 Å². The molecule has 5 rings (SSSR count). The van der Waals surface area contributed by atoms with Gasteiger partial charge in [-0.3, -0.25) is 9.67 Å². The number of aliphatic hydroxyl groups excluding tert-OH is 2. The molecule has 1 aliphatic heterocycles. The van der Waals surface area contributed by atoms with Gasteiger partial charge in [0.25, 0.3) is 0 Å². The molecule has 0 saturated carbocycles. The Labute approximate surface area is 207 Å². The monoisotopic (exact) mass is 492 g/mol. The van der Waals surface area contributed by atoms with E-state index in [0.29, 0.717) is 29.8 Å². The molecule has 0 amide bonds. The topological polar surface area (TPSA) is 101 Å². The van der Waals surface area contributed by atoms with Crippen molar-refractivity contribution in [1.82, 2.24) is 9.78 Å². The maximum Gasteiger partial charge on any atom is 0.161 e. The molecule has 0 spiro atoms. The van der Waals surface area contributed by atoms with Crippen LogP contribution in [-0.4, -0.2) is 58.7 Å². The van der Waals surface area contributed by atoms with E-state index in [2.05, 4.69) is 15.4 Å². The number of hydrogen-bond acceptors (Lipinski definition) is 7. The van der Waals surface area contributed by atoms with Gasteiger partial charge in [-0.15, -0.1) is 0 Å². The quantitative estimate of drug-likeness (QED) is 0.335. The number of nitrogens with zero attached hydrogens (tertiary/aromatic N) is 3. The summed E-state index contributed by atoms with van der Waals surface area (Å²) in [4.78, 5) is 4.21. The van der Waals surface area contributed by atoms with Crippen molar-refractivity contribution in [3.05, 3.63) is 65.2 Å². The Kier molecular flexibility index (Phi) is 6.59. The number of aromatic nitrogens is 2. The number of benzene rings is 3. The Morgan fingerprint density at radius 3 is 2.69 bits per heavy atom. The smallest absolute Gasteiger partial charge is 0.161 e. The highest BCUT2D eigenvalue weighted by Gasteiger charge is 2.16. The predicted octanol–water partition coefficient (Wildman–Crippen LogP) is 4.18. The lowest BCUT2D eigenvalue weighted by Crippen LogP contribution is -2.15. The van der Waals surface area contributed by atoms with Gasteiger partial charge in [-0.1, -0.05) is 35.9 Å². The lowest BCUT2D eigenvalue weighted by atomic mass is 10.0. The molecule has 0 aliphatic carbocycles. The summed E-state index contributed by atoms with van der Waals surface area (Å²) in [5, 5.41) is 27.9. The van der Waals surface area contributed by atoms with Crippen LogP contribution >= 0.6 is 11.6 Å². The Morgan fingerprint density at radius 2 is 1.89 bits per heavy atom. The number of aryl methyl sites for hydroxylation is 1. The zero-order valence-corrected chi connectivity index (χ0v) is 19.9. The van der Waals surface area contributed by atoms with Gasteiger partial charge in [-0.2, -0.15) is 5.10 Å². The average molecular weight is 493 g/mol. The lowest BCUT2D eigenvalue weighted by Gasteiger charge is -2.19. The highest BCUT2D eigenvalue weighted by Crippen LogP contribution is 2.40. The van der Waals surface area contributed by atoms with Gasteiger partial charge in [0.2, 0.25) is 0 Å². The Hall–Kier alpha value is -3.59. The summed E-state index contributed by atoms with van der Waals surface area (Å²) in [5.41, 5.74) is 4.28. The second-order valence-electron chi connectivity index (χ2n) is 8.20. The van der Waals surface area contributed by atoms with E-state index in [1.807, 2.05) is 61.6 Å². The van der Waals surface area contributed by atoms with Crippen LogP contribution in [-0.2, 0) is 7.05 Å². The minimum atomic E-state index is -0.530. The van der Waals surface area contributed by atoms with Crippen molar-refractivity contribution in [3.63, 3.8) is 0 Å². The fraction of sp³-hybridized carbons (Fsp3) is 0.231. The van der Waals surface area contributed by atoms with Crippen LogP contribution in [0.15, 0.2) is 59.6 Å². The van der Waals surface area contributed by atoms with Gasteiger partial charge in [-0.25, -0.2) is 0 Å². The van der Waals surface area contributed by atoms with Crippen LogP contribution in [0.4, 0.5) is 11.5 Å². The number of ether oxygens (including phenoxy) is 2. The molecule has 0 saturated heterocycles. The third-order valence-electron chi connectivity index (χ3n) is 5.84. The molecule has 0 fully saturated rings. The third-order valence-corrected chi connectivity index (χ3v) is 6.24. The Morgan fingerprint density at radius 1 is 1.09 bits per heavy atom. The standard InChI is InChI=1S/C26H25ClN4O4/c1-31-22-11-16(13-28-18(14-32)15-33)5-7-20(22)26(30-31)29-21-4-2-3-19(25(21)27)17-6-8-23-24(12-17)35-10-9-34-23/h2-8,11-13,18,32-33H,9-10,14-15H2,1H3,(H,29,30). The van der Waals surface area contributed by atoms with Crippen molar-refractivity contribution in [2.45, 2.75) is 6.04 Å². The second-order valence-corrected chi connectivity index (χ2v) is 8.57. The number of nitrogens with one attached hydrogen (secondary N) is 1. The Bertz CT molecular complexity index is 1400. The predicted molar refractivity (Wildman–Crippen MR) is 137 cm³/mol. The molecule has 2 heterocycles. The van der Waals surface area contributed by atoms with Crippen LogP contribution in [0.1, 0.15) is 5.56 Å². The first-order chi connectivity index (χ1) is 17.1. The van der Waals surface area contributed by atoms with E-state index in [9.17, 15) is 10.2 Å². The zero-order valence-electron chi connectivity index (χ0n) is 19.1. The molecule has 35 heavy (non-hydrogen) atoms. The van der Waals surface area contributed by atoms with Crippen molar-refractivity contribution >= 4 is 40.2 Å². The molecule has 0 atom stereocenters. The minimum Gasteiger partial charge on any atom is -0.486 e. The third kappa shape index (κ3) is 4.68. The van der Waals surface area contributed by atoms with Gasteiger partial charge in [-0.05, 0) is 41.5 Å². The van der Waals surface area contributed by atoms with Crippen LogP contribution in [0.25, 0.3) is 22.0 Å². The number of aliphatic hydroxyl groups is 2. The Balaban J connectivity index is 1.44. The first kappa shape index (κ1) is 23.2. The largest absolute Gasteiger partial charge is 0.486 e. The van der Waals surface area contributed by atoms with Gasteiger partial charge in [0.15, 0.2) is 17.3 Å². The zero-order chi connectivity index (χ0) is 24.4. The summed E-state index contributed by atoms with van der Waals surface area (Å²) in [6, 6.07) is 16.9. The van der Waals surface area contributed by atoms with E-state index in [0.717, 1.165) is 39.0 Å². The van der Waals surface area contributed by atoms with Crippen molar-refractivity contribution in [2.75, 3.05) is 31.7 Å². The van der Waals surface area contributed by atoms with E-state index in [1.165, 1.54) is 0 Å². The number of halogens is 1. The van der Waals surface area contributed by atoms with E-state index in [4.69, 9.17) is 21.1 Å². The SMILES string of the molecule is Cn1nc(Nc2cccc(-c3ccc4c(c3)OCCO4)c2Cl)c2ccc(C=NC(CO)CO)cc21. The van der Waals surface area contributed by atoms with E-state index in [-0.39, 0.29) is 13.2 Å². The summed E-state index contributed by atoms with van der Waals surface area (Å²) in [7, 11) is 1.87. The highest BCUT2D eigenvalue weighted by molar-refractivity contribution is 6.36. The first-order valence-electron chi connectivity index (χ1n) is 11.2. The van der Waals surface area contributed by atoms with Gasteiger partial charge in [0.1, 0.15) is 13.2 Å². The van der Waals surface area contributed by atoms with E-state index >= 15 is 0 Å². The van der Waals surface area contributed by atoms with Gasteiger partial charge < -0.3 is 25.0 Å². The van der Waals surface area contributed by atoms with Crippen molar-refractivity contribution in [2.24, 2.45) is 12.0 Å². The summed E-state index contributed by atoms with van der Waals surface area (Å²) < 4.78 is 13.1. The molecule has 0 radical (unpaired) electrons. The molecule has 1 aliphatic rings. The highest BCUT2D eigenvalue weighted by atomic mass is 35.5. The molecule has 9 heteroatoms. The first-order valence-corrected chi connectivity index (χ1v) is 11.6. The summed E-state index contributed by atoms with van der Waals surface area (Å²) in [5.74, 6) is 2.12. The molecule has 0 unspecified atom stereocenters. The molecule has 4 aromatic rings. The number of hydrogen-bond donors (Lipinski definition) is 3. The average Bonchev–Trinajstić information content (AvgIpc) is 3.20. The number of anilines is 2. The van der Waals surface area contributed by atoms with Crippen molar-refractivity contribution in [3.8, 4) is 22.6 Å². The van der Waals surface area contributed by atoms with Crippen molar-refractivity contribution in [1.29, 1.82) is 0 Å². The summed E-state index contributed by atoms with van der Waals surface area (Å²) in [6.07, 6.45) is 1.64. The maximum absolute atomic E-state index is 9.21. The van der Waals surface area contributed by atoms with E-state index < -0.39 is 6.04 Å². The molecule has 0 bridgehead atoms. The minimum absolute atomic E-state index is 0.207. The van der Waals surface area contributed by atoms with Crippen LogP contribution in [0, 0.1) is 0 Å². The van der Waals surface area contributed by atoms with Gasteiger partial charge in [0, 0.05) is 24.2 Å². The van der Waals surface area contributed by atoms with Crippen molar-refractivity contribution < 1.29 is 19.7 Å². The number of fused-ring (bicyclic) bond motifs is 2. The molecule has 1 aromatic heterocycles. The van der Waals surface area contributed by atoms with E-state index in [1.54, 1.807) is 10.9 Å².